The maximum Gasteiger partial charge on any atom is 0.265 e. The molecule has 0 aliphatic carbocycles. The summed E-state index contributed by atoms with van der Waals surface area (Å²) in [6.07, 6.45) is 4.12. The van der Waals surface area contributed by atoms with Gasteiger partial charge in [-0.15, -0.1) is 0 Å². The average molecular weight is 401 g/mol. The lowest BCUT2D eigenvalue weighted by molar-refractivity contribution is 0.473. The van der Waals surface area contributed by atoms with Crippen LogP contribution in [-0.4, -0.2) is 43.1 Å². The van der Waals surface area contributed by atoms with E-state index in [1.165, 1.54) is 17.1 Å². The van der Waals surface area contributed by atoms with Gasteiger partial charge in [0.05, 0.1) is 40.0 Å². The number of H-pyrrole nitrogens is 1. The van der Waals surface area contributed by atoms with Crippen LogP contribution in [0, 0.1) is 0 Å². The van der Waals surface area contributed by atoms with E-state index in [1.54, 1.807) is 24.4 Å². The van der Waals surface area contributed by atoms with Gasteiger partial charge in [0.15, 0.2) is 9.84 Å². The molecule has 11 heteroatoms. The third kappa shape index (κ3) is 2.90. The first kappa shape index (κ1) is 16.4. The summed E-state index contributed by atoms with van der Waals surface area (Å²) in [7, 11) is -6.89. The van der Waals surface area contributed by atoms with Crippen molar-refractivity contribution >= 4 is 48.1 Å². The maximum atomic E-state index is 12.6. The Hall–Kier alpha value is -2.04. The molecule has 1 aromatic carbocycles. The van der Waals surface area contributed by atoms with E-state index >= 15 is 0 Å². The number of nitrogens with one attached hydrogen (secondary N) is 2. The minimum atomic E-state index is -3.87. The molecule has 1 aliphatic rings. The molecule has 0 bridgehead atoms. The van der Waals surface area contributed by atoms with Crippen LogP contribution in [0.3, 0.4) is 0 Å². The smallest absolute Gasteiger partial charge is 0.265 e. The lowest BCUT2D eigenvalue weighted by Crippen LogP contribution is -2.38. The molecule has 132 valence electrons. The number of sulfone groups is 1. The van der Waals surface area contributed by atoms with Crippen LogP contribution >= 0.6 is 11.6 Å². The highest BCUT2D eigenvalue weighted by molar-refractivity contribution is 7.93. The molecule has 0 amide bonds. The monoisotopic (exact) mass is 400 g/mol. The van der Waals surface area contributed by atoms with E-state index in [9.17, 15) is 16.8 Å². The van der Waals surface area contributed by atoms with Crippen LogP contribution in [0.2, 0.25) is 5.02 Å². The SMILES string of the molecule is O=S1(=O)CC(n2cc(S(=O)(=O)Nc3cccc4c(Cl)c[nH]c34)cn2)C1. The van der Waals surface area contributed by atoms with Gasteiger partial charge in [0.2, 0.25) is 0 Å². The molecule has 0 atom stereocenters. The Bertz CT molecular complexity index is 1170. The number of anilines is 1. The summed E-state index contributed by atoms with van der Waals surface area (Å²) < 4.78 is 51.6. The number of benzene rings is 1. The number of para-hydroxylation sites is 1. The van der Waals surface area contributed by atoms with E-state index in [0.717, 1.165) is 0 Å². The van der Waals surface area contributed by atoms with E-state index in [0.29, 0.717) is 21.6 Å². The Labute approximate surface area is 148 Å². The van der Waals surface area contributed by atoms with Crippen LogP contribution in [0.25, 0.3) is 10.9 Å². The number of hydrogen-bond acceptors (Lipinski definition) is 5. The number of aromatic nitrogens is 3. The summed E-state index contributed by atoms with van der Waals surface area (Å²) in [6.45, 7) is 0. The number of hydrogen-bond donors (Lipinski definition) is 2. The fourth-order valence-electron chi connectivity index (χ4n) is 2.76. The van der Waals surface area contributed by atoms with Gasteiger partial charge in [0.25, 0.3) is 10.0 Å². The van der Waals surface area contributed by atoms with Crippen molar-refractivity contribution in [3.8, 4) is 0 Å². The summed E-state index contributed by atoms with van der Waals surface area (Å²) >= 11 is 6.05. The number of halogens is 1. The summed E-state index contributed by atoms with van der Waals surface area (Å²) in [5, 5.41) is 5.18. The van der Waals surface area contributed by atoms with Gasteiger partial charge in [-0.2, -0.15) is 5.10 Å². The zero-order valence-electron chi connectivity index (χ0n) is 12.7. The normalized spacial score (nSPS) is 17.5. The second-order valence-corrected chi connectivity index (χ2v) is 10.1. The number of fused-ring (bicyclic) bond motifs is 1. The minimum Gasteiger partial charge on any atom is -0.358 e. The highest BCUT2D eigenvalue weighted by Gasteiger charge is 2.35. The van der Waals surface area contributed by atoms with Gasteiger partial charge in [-0.25, -0.2) is 16.8 Å². The van der Waals surface area contributed by atoms with Gasteiger partial charge in [0.1, 0.15) is 4.90 Å². The zero-order chi connectivity index (χ0) is 17.8. The Morgan fingerprint density at radius 2 is 2.08 bits per heavy atom. The molecule has 0 unspecified atom stereocenters. The third-order valence-corrected chi connectivity index (χ3v) is 7.48. The first-order valence-corrected chi connectivity index (χ1v) is 11.0. The number of aromatic amines is 1. The van der Waals surface area contributed by atoms with Gasteiger partial charge in [-0.05, 0) is 6.07 Å². The van der Waals surface area contributed by atoms with Crippen molar-refractivity contribution in [2.45, 2.75) is 10.9 Å². The molecule has 0 spiro atoms. The summed E-state index contributed by atoms with van der Waals surface area (Å²) in [6, 6.07) is 4.78. The third-order valence-electron chi connectivity index (χ3n) is 4.06. The predicted octanol–water partition coefficient (Wildman–Crippen LogP) is 1.79. The van der Waals surface area contributed by atoms with Crippen LogP contribution in [-0.2, 0) is 19.9 Å². The Morgan fingerprint density at radius 3 is 2.80 bits per heavy atom. The van der Waals surface area contributed by atoms with Crippen LogP contribution in [0.4, 0.5) is 5.69 Å². The lowest BCUT2D eigenvalue weighted by Gasteiger charge is -2.25. The van der Waals surface area contributed by atoms with E-state index < -0.39 is 19.9 Å². The van der Waals surface area contributed by atoms with Gasteiger partial charge in [-0.1, -0.05) is 23.7 Å². The van der Waals surface area contributed by atoms with Crippen molar-refractivity contribution in [1.29, 1.82) is 0 Å². The second-order valence-electron chi connectivity index (χ2n) is 5.86. The molecular formula is C14H13ClN4O4S2. The van der Waals surface area contributed by atoms with Gasteiger partial charge in [-0.3, -0.25) is 9.40 Å². The quantitative estimate of drug-likeness (QED) is 0.693. The van der Waals surface area contributed by atoms with E-state index in [2.05, 4.69) is 14.8 Å². The van der Waals surface area contributed by atoms with Gasteiger partial charge in [0, 0.05) is 17.8 Å². The first-order chi connectivity index (χ1) is 11.8. The fraction of sp³-hybridized carbons (Fsp3) is 0.214. The van der Waals surface area contributed by atoms with Crippen molar-refractivity contribution in [1.82, 2.24) is 14.8 Å². The van der Waals surface area contributed by atoms with Crippen molar-refractivity contribution in [3.63, 3.8) is 0 Å². The molecule has 1 saturated heterocycles. The van der Waals surface area contributed by atoms with Gasteiger partial charge >= 0.3 is 0 Å². The van der Waals surface area contributed by atoms with Crippen molar-refractivity contribution in [2.24, 2.45) is 0 Å². The van der Waals surface area contributed by atoms with Crippen LogP contribution in [0.1, 0.15) is 6.04 Å². The van der Waals surface area contributed by atoms with Crippen molar-refractivity contribution in [2.75, 3.05) is 16.2 Å². The summed E-state index contributed by atoms with van der Waals surface area (Å²) in [4.78, 5) is 2.90. The van der Waals surface area contributed by atoms with Crippen LogP contribution in [0.15, 0.2) is 41.7 Å². The Morgan fingerprint density at radius 1 is 1.32 bits per heavy atom. The zero-order valence-corrected chi connectivity index (χ0v) is 15.1. The standard InChI is InChI=1S/C14H13ClN4O4S2/c15-12-5-16-14-11(12)2-1-3-13(14)18-25(22,23)10-4-17-19(6-10)9-7-24(20,21)8-9/h1-6,9,16,18H,7-8H2. The fourth-order valence-corrected chi connectivity index (χ4v) is 5.36. The molecule has 0 radical (unpaired) electrons. The molecule has 3 aromatic rings. The van der Waals surface area contributed by atoms with E-state index in [1.807, 2.05) is 0 Å². The highest BCUT2D eigenvalue weighted by atomic mass is 35.5. The molecule has 1 aliphatic heterocycles. The number of rotatable bonds is 4. The molecule has 8 nitrogen and oxygen atoms in total. The molecular weight excluding hydrogens is 388 g/mol. The summed E-state index contributed by atoms with van der Waals surface area (Å²) in [5.74, 6) is -0.0518. The molecule has 4 rings (SSSR count). The summed E-state index contributed by atoms with van der Waals surface area (Å²) in [5.41, 5.74) is 0.942. The van der Waals surface area contributed by atoms with Crippen LogP contribution < -0.4 is 4.72 Å². The Kier molecular flexibility index (Phi) is 3.60. The molecule has 25 heavy (non-hydrogen) atoms. The van der Waals surface area contributed by atoms with Gasteiger partial charge < -0.3 is 4.98 Å². The average Bonchev–Trinajstić information content (AvgIpc) is 3.13. The molecule has 0 saturated carbocycles. The lowest BCUT2D eigenvalue weighted by atomic mass is 10.2. The minimum absolute atomic E-state index is 0.0259. The first-order valence-electron chi connectivity index (χ1n) is 7.28. The maximum absolute atomic E-state index is 12.6. The Balaban J connectivity index is 1.63. The topological polar surface area (TPSA) is 114 Å². The highest BCUT2D eigenvalue weighted by Crippen LogP contribution is 2.30. The van der Waals surface area contributed by atoms with Crippen molar-refractivity contribution in [3.05, 3.63) is 41.8 Å². The molecule has 2 N–H and O–H groups in total. The predicted molar refractivity (Wildman–Crippen MR) is 94.0 cm³/mol. The van der Waals surface area contributed by atoms with E-state index in [4.69, 9.17) is 11.6 Å². The largest absolute Gasteiger partial charge is 0.358 e. The molecule has 1 fully saturated rings. The molecule has 3 heterocycles. The van der Waals surface area contributed by atoms with E-state index in [-0.39, 0.29) is 22.4 Å². The number of nitrogens with zero attached hydrogens (tertiary/aromatic N) is 2. The van der Waals surface area contributed by atoms with Crippen molar-refractivity contribution < 1.29 is 16.8 Å². The van der Waals surface area contributed by atoms with Crippen LogP contribution in [0.5, 0.6) is 0 Å². The number of sulfonamides is 1. The second kappa shape index (κ2) is 5.48. The molecule has 2 aromatic heterocycles.